The van der Waals surface area contributed by atoms with Crippen molar-refractivity contribution in [3.05, 3.63) is 0 Å². The maximum atomic E-state index is 13.2. The smallest absolute Gasteiger partial charge is 0.462 e. The first-order chi connectivity index (χ1) is 51.3. The SMILES string of the molecule is CCCCCCCCCCCCCCCCCCCCCCC(=O)OC[C@H](COP(=O)(O)OC[C@@H](O)COP(=O)(O)OC[C@@H](COC(=O)CCCCCCCCC(C)CC)OC(=O)CCCCCCCCCCCCC(C)CC)OC(=O)CCCCCCCCCCCCCCCCCCCCC(C)CC. The van der Waals surface area contributed by atoms with E-state index in [1.807, 2.05) is 0 Å². The molecule has 0 aliphatic carbocycles. The predicted molar refractivity (Wildman–Crippen MR) is 437 cm³/mol. The van der Waals surface area contributed by atoms with E-state index in [2.05, 4.69) is 48.5 Å². The zero-order valence-corrected chi connectivity index (χ0v) is 71.7. The van der Waals surface area contributed by atoms with Gasteiger partial charge in [-0.25, -0.2) is 9.13 Å². The summed E-state index contributed by atoms with van der Waals surface area (Å²) >= 11 is 0. The number of carbonyl (C=O) groups is 4. The highest BCUT2D eigenvalue weighted by Crippen LogP contribution is 2.45. The first-order valence-electron chi connectivity index (χ1n) is 45.0. The first kappa shape index (κ1) is 104. The molecule has 19 heteroatoms. The van der Waals surface area contributed by atoms with E-state index in [1.165, 1.54) is 263 Å². The molecule has 0 amide bonds. The third-order valence-corrected chi connectivity index (χ3v) is 23.4. The van der Waals surface area contributed by atoms with Crippen LogP contribution in [0.25, 0.3) is 0 Å². The van der Waals surface area contributed by atoms with Crippen LogP contribution in [0, 0.1) is 17.8 Å². The summed E-state index contributed by atoms with van der Waals surface area (Å²) in [7, 11) is -9.93. The summed E-state index contributed by atoms with van der Waals surface area (Å²) < 4.78 is 68.9. The first-order valence-corrected chi connectivity index (χ1v) is 48.0. The average molecular weight is 1550 g/mol. The molecule has 0 aromatic carbocycles. The molecule has 5 unspecified atom stereocenters. The van der Waals surface area contributed by atoms with Gasteiger partial charge in [-0.1, -0.05) is 408 Å². The quantitative estimate of drug-likeness (QED) is 0.0222. The van der Waals surface area contributed by atoms with E-state index in [0.29, 0.717) is 25.7 Å². The number of hydrogen-bond donors (Lipinski definition) is 3. The van der Waals surface area contributed by atoms with Crippen LogP contribution in [0.5, 0.6) is 0 Å². The number of unbranched alkanes of at least 4 members (excludes halogenated alkanes) is 50. The summed E-state index contributed by atoms with van der Waals surface area (Å²) in [5.41, 5.74) is 0. The third kappa shape index (κ3) is 76.1. The van der Waals surface area contributed by atoms with E-state index in [-0.39, 0.29) is 25.7 Å². The number of phosphoric acid groups is 2. The molecule has 17 nitrogen and oxygen atoms in total. The van der Waals surface area contributed by atoms with Gasteiger partial charge in [0.25, 0.3) is 0 Å². The third-order valence-electron chi connectivity index (χ3n) is 21.5. The van der Waals surface area contributed by atoms with Crippen LogP contribution in [-0.2, 0) is 65.4 Å². The summed E-state index contributed by atoms with van der Waals surface area (Å²) in [5.74, 6) is 0.298. The lowest BCUT2D eigenvalue weighted by atomic mass is 9.99. The van der Waals surface area contributed by atoms with Crippen molar-refractivity contribution in [2.24, 2.45) is 17.8 Å². The van der Waals surface area contributed by atoms with Gasteiger partial charge in [0.05, 0.1) is 26.4 Å². The highest BCUT2D eigenvalue weighted by atomic mass is 31.2. The Morgan fingerprint density at radius 2 is 0.453 bits per heavy atom. The molecular formula is C87H170O17P2. The van der Waals surface area contributed by atoms with Crippen molar-refractivity contribution in [2.45, 2.75) is 478 Å². The average Bonchev–Trinajstić information content (AvgIpc) is 0.902. The van der Waals surface area contributed by atoms with Crippen LogP contribution < -0.4 is 0 Å². The summed E-state index contributed by atoms with van der Waals surface area (Å²) in [6, 6.07) is 0. The Morgan fingerprint density at radius 3 is 0.670 bits per heavy atom. The van der Waals surface area contributed by atoms with Crippen molar-refractivity contribution in [1.82, 2.24) is 0 Å². The number of aliphatic hydroxyl groups is 1. The van der Waals surface area contributed by atoms with Crippen LogP contribution in [0.1, 0.15) is 459 Å². The van der Waals surface area contributed by atoms with E-state index in [1.54, 1.807) is 0 Å². The molecule has 0 heterocycles. The van der Waals surface area contributed by atoms with E-state index in [0.717, 1.165) is 114 Å². The summed E-state index contributed by atoms with van der Waals surface area (Å²) in [4.78, 5) is 73.2. The molecule has 0 saturated carbocycles. The van der Waals surface area contributed by atoms with Crippen LogP contribution in [-0.4, -0.2) is 96.7 Å². The Labute approximate surface area is 651 Å². The van der Waals surface area contributed by atoms with Crippen molar-refractivity contribution in [1.29, 1.82) is 0 Å². The van der Waals surface area contributed by atoms with Gasteiger partial charge in [0, 0.05) is 25.7 Å². The second-order valence-electron chi connectivity index (χ2n) is 32.0. The monoisotopic (exact) mass is 1550 g/mol. The molecule has 8 atom stereocenters. The molecule has 106 heavy (non-hydrogen) atoms. The van der Waals surface area contributed by atoms with E-state index in [4.69, 9.17) is 37.0 Å². The molecule has 0 radical (unpaired) electrons. The minimum atomic E-state index is -4.97. The van der Waals surface area contributed by atoms with Gasteiger partial charge in [-0.15, -0.1) is 0 Å². The molecule has 630 valence electrons. The van der Waals surface area contributed by atoms with Crippen molar-refractivity contribution in [3.63, 3.8) is 0 Å². The molecule has 0 spiro atoms. The Balaban J connectivity index is 5.22. The van der Waals surface area contributed by atoms with Crippen LogP contribution in [0.15, 0.2) is 0 Å². The van der Waals surface area contributed by atoms with Crippen LogP contribution in [0.4, 0.5) is 0 Å². The Hall–Kier alpha value is -1.94. The zero-order chi connectivity index (χ0) is 77.9. The van der Waals surface area contributed by atoms with Gasteiger partial charge in [0.15, 0.2) is 12.2 Å². The lowest BCUT2D eigenvalue weighted by Crippen LogP contribution is -2.30. The molecule has 0 fully saturated rings. The summed E-state index contributed by atoms with van der Waals surface area (Å²) in [5, 5.41) is 10.7. The van der Waals surface area contributed by atoms with Gasteiger partial charge >= 0.3 is 39.5 Å². The maximum absolute atomic E-state index is 13.2. The van der Waals surface area contributed by atoms with Gasteiger partial charge < -0.3 is 33.8 Å². The van der Waals surface area contributed by atoms with Gasteiger partial charge in [-0.3, -0.25) is 37.3 Å². The fourth-order valence-corrected chi connectivity index (χ4v) is 15.0. The fraction of sp³-hybridized carbons (Fsp3) is 0.954. The molecule has 0 saturated heterocycles. The standard InChI is InChI=1S/C87H170O17P2/c1-8-12-13-14-15-16-17-18-19-20-21-22-26-29-32-35-41-46-54-61-68-84(89)97-74-82(103-86(91)70-63-56-47-42-36-33-30-27-24-23-25-28-31-34-39-44-51-58-65-78(5)9-2)76-101-105(93,94)99-72-81(88)73-100-106(95,96)102-77-83(75-98-85(90)69-62-55-50-49-53-60-67-80(7)11-4)104-87(92)71-64-57-48-43-38-37-40-45-52-59-66-79(6)10-3/h78-83,88H,8-77H2,1-7H3,(H,93,94)(H,95,96)/t78?,79?,80?,81-,82-,83-/m1/s1. The number of aliphatic hydroxyl groups excluding tert-OH is 1. The molecule has 3 N–H and O–H groups in total. The number of phosphoric ester groups is 2. The molecule has 0 rings (SSSR count). The van der Waals surface area contributed by atoms with Crippen molar-refractivity contribution in [3.8, 4) is 0 Å². The van der Waals surface area contributed by atoms with Crippen molar-refractivity contribution in [2.75, 3.05) is 39.6 Å². The molecule has 0 bridgehead atoms. The number of carbonyl (C=O) groups excluding carboxylic acids is 4. The normalized spacial score (nSPS) is 14.6. The predicted octanol–water partition coefficient (Wildman–Crippen LogP) is 26.5. The second kappa shape index (κ2) is 77.0. The van der Waals surface area contributed by atoms with Gasteiger partial charge in [0.2, 0.25) is 0 Å². The lowest BCUT2D eigenvalue weighted by Gasteiger charge is -2.21. The van der Waals surface area contributed by atoms with Crippen LogP contribution >= 0.6 is 15.6 Å². The molecule has 0 aromatic rings. The number of esters is 4. The molecule has 0 aromatic heterocycles. The topological polar surface area (TPSA) is 237 Å². The Kier molecular flexibility index (Phi) is 75.6. The Morgan fingerprint density at radius 1 is 0.264 bits per heavy atom. The van der Waals surface area contributed by atoms with Crippen LogP contribution in [0.3, 0.4) is 0 Å². The Bertz CT molecular complexity index is 2050. The zero-order valence-electron chi connectivity index (χ0n) is 69.9. The second-order valence-corrected chi connectivity index (χ2v) is 34.9. The number of rotatable bonds is 85. The van der Waals surface area contributed by atoms with Crippen molar-refractivity contribution < 1.29 is 80.2 Å². The number of ether oxygens (including phenoxy) is 4. The van der Waals surface area contributed by atoms with E-state index >= 15 is 0 Å². The molecule has 0 aliphatic rings. The van der Waals surface area contributed by atoms with Crippen LogP contribution in [0.2, 0.25) is 0 Å². The molecule has 0 aliphatic heterocycles. The van der Waals surface area contributed by atoms with Gasteiger partial charge in [-0.05, 0) is 43.4 Å². The minimum absolute atomic E-state index is 0.106. The summed E-state index contributed by atoms with van der Waals surface area (Å²) in [6.45, 7) is 12.0. The van der Waals surface area contributed by atoms with E-state index < -0.39 is 97.5 Å². The highest BCUT2D eigenvalue weighted by Gasteiger charge is 2.31. The maximum Gasteiger partial charge on any atom is 0.472 e. The number of hydrogen-bond acceptors (Lipinski definition) is 15. The summed E-state index contributed by atoms with van der Waals surface area (Å²) in [6.07, 6.45) is 68.1. The van der Waals surface area contributed by atoms with E-state index in [9.17, 15) is 43.2 Å². The minimum Gasteiger partial charge on any atom is -0.462 e. The molecular weight excluding hydrogens is 1380 g/mol. The largest absolute Gasteiger partial charge is 0.472 e. The van der Waals surface area contributed by atoms with Gasteiger partial charge in [0.1, 0.15) is 19.3 Å². The van der Waals surface area contributed by atoms with Gasteiger partial charge in [-0.2, -0.15) is 0 Å². The van der Waals surface area contributed by atoms with Crippen molar-refractivity contribution >= 4 is 39.5 Å². The fourth-order valence-electron chi connectivity index (χ4n) is 13.4. The highest BCUT2D eigenvalue weighted by molar-refractivity contribution is 7.47. The lowest BCUT2D eigenvalue weighted by molar-refractivity contribution is -0.161.